The van der Waals surface area contributed by atoms with E-state index in [1.807, 2.05) is 6.92 Å². The molecule has 0 aromatic carbocycles. The number of ether oxygens (including phenoxy) is 1. The van der Waals surface area contributed by atoms with E-state index >= 15 is 0 Å². The fourth-order valence-corrected chi connectivity index (χ4v) is 1.40. The SMILES string of the molecule is CCN(CC(=O)OC)C(=O)CCn1cccn1. The number of esters is 1. The van der Waals surface area contributed by atoms with Gasteiger partial charge in [0.05, 0.1) is 7.11 Å². The van der Waals surface area contributed by atoms with E-state index in [0.717, 1.165) is 0 Å². The van der Waals surface area contributed by atoms with Crippen molar-refractivity contribution in [2.24, 2.45) is 0 Å². The highest BCUT2D eigenvalue weighted by Crippen LogP contribution is 1.98. The second-order valence-electron chi connectivity index (χ2n) is 3.50. The van der Waals surface area contributed by atoms with Gasteiger partial charge in [0.15, 0.2) is 0 Å². The first-order valence-electron chi connectivity index (χ1n) is 5.49. The highest BCUT2D eigenvalue weighted by Gasteiger charge is 2.15. The van der Waals surface area contributed by atoms with Crippen molar-refractivity contribution in [1.82, 2.24) is 14.7 Å². The molecule has 0 aliphatic carbocycles. The zero-order valence-corrected chi connectivity index (χ0v) is 10.1. The smallest absolute Gasteiger partial charge is 0.325 e. The average molecular weight is 239 g/mol. The van der Waals surface area contributed by atoms with Crippen LogP contribution in [0.3, 0.4) is 0 Å². The van der Waals surface area contributed by atoms with Crippen molar-refractivity contribution >= 4 is 11.9 Å². The Bertz CT molecular complexity index is 362. The van der Waals surface area contributed by atoms with E-state index in [2.05, 4.69) is 9.84 Å². The number of aryl methyl sites for hydroxylation is 1. The van der Waals surface area contributed by atoms with Crippen LogP contribution in [0.5, 0.6) is 0 Å². The highest BCUT2D eigenvalue weighted by molar-refractivity contribution is 5.81. The number of rotatable bonds is 6. The first kappa shape index (κ1) is 13.2. The van der Waals surface area contributed by atoms with Gasteiger partial charge >= 0.3 is 5.97 Å². The minimum Gasteiger partial charge on any atom is -0.468 e. The summed E-state index contributed by atoms with van der Waals surface area (Å²) >= 11 is 0. The minimum atomic E-state index is -0.403. The Balaban J connectivity index is 2.41. The van der Waals surface area contributed by atoms with E-state index in [-0.39, 0.29) is 12.5 Å². The molecule has 17 heavy (non-hydrogen) atoms. The van der Waals surface area contributed by atoms with E-state index in [4.69, 9.17) is 0 Å². The summed E-state index contributed by atoms with van der Waals surface area (Å²) in [5.74, 6) is -0.479. The first-order chi connectivity index (χ1) is 8.17. The second-order valence-corrected chi connectivity index (χ2v) is 3.50. The van der Waals surface area contributed by atoms with E-state index in [1.165, 1.54) is 12.0 Å². The van der Waals surface area contributed by atoms with E-state index in [1.54, 1.807) is 23.1 Å². The number of aromatic nitrogens is 2. The lowest BCUT2D eigenvalue weighted by molar-refractivity contribution is -0.147. The number of nitrogens with zero attached hydrogens (tertiary/aromatic N) is 3. The Morgan fingerprint density at radius 2 is 2.24 bits per heavy atom. The number of carbonyl (C=O) groups excluding carboxylic acids is 2. The summed E-state index contributed by atoms with van der Waals surface area (Å²) in [6.07, 6.45) is 3.78. The Morgan fingerprint density at radius 3 is 2.76 bits per heavy atom. The number of likely N-dealkylation sites (N-methyl/N-ethyl adjacent to an activating group) is 1. The van der Waals surface area contributed by atoms with Crippen molar-refractivity contribution in [3.63, 3.8) is 0 Å². The van der Waals surface area contributed by atoms with Crippen LogP contribution in [-0.2, 0) is 20.9 Å². The van der Waals surface area contributed by atoms with Crippen LogP contribution >= 0.6 is 0 Å². The predicted octanol–water partition coefficient (Wildman–Crippen LogP) is 0.295. The third-order valence-electron chi connectivity index (χ3n) is 2.40. The summed E-state index contributed by atoms with van der Waals surface area (Å²) in [4.78, 5) is 24.4. The standard InChI is InChI=1S/C11H17N3O3/c1-3-13(9-11(16)17-2)10(15)5-8-14-7-4-6-12-14/h4,6-7H,3,5,8-9H2,1-2H3. The van der Waals surface area contributed by atoms with Crippen LogP contribution in [0.1, 0.15) is 13.3 Å². The molecule has 6 heteroatoms. The van der Waals surface area contributed by atoms with Gasteiger partial charge in [0, 0.05) is 31.9 Å². The molecule has 94 valence electrons. The molecule has 0 aliphatic heterocycles. The Hall–Kier alpha value is -1.85. The van der Waals surface area contributed by atoms with Gasteiger partial charge in [-0.25, -0.2) is 0 Å². The minimum absolute atomic E-state index is 0.00490. The van der Waals surface area contributed by atoms with Crippen LogP contribution in [0.2, 0.25) is 0 Å². The van der Waals surface area contributed by atoms with Crippen LogP contribution in [0.25, 0.3) is 0 Å². The number of amides is 1. The molecule has 0 saturated heterocycles. The van der Waals surface area contributed by atoms with Gasteiger partial charge in [-0.2, -0.15) is 5.10 Å². The van der Waals surface area contributed by atoms with Gasteiger partial charge in [-0.1, -0.05) is 0 Å². The Kier molecular flexibility index (Phi) is 5.19. The summed E-state index contributed by atoms with van der Waals surface area (Å²) in [6, 6.07) is 1.80. The van der Waals surface area contributed by atoms with Crippen LogP contribution in [0.4, 0.5) is 0 Å². The molecule has 1 aromatic heterocycles. The third kappa shape index (κ3) is 4.26. The largest absolute Gasteiger partial charge is 0.468 e. The van der Waals surface area contributed by atoms with E-state index < -0.39 is 5.97 Å². The summed E-state index contributed by atoms with van der Waals surface area (Å²) in [5.41, 5.74) is 0. The molecule has 0 spiro atoms. The van der Waals surface area contributed by atoms with Gasteiger partial charge in [-0.3, -0.25) is 14.3 Å². The van der Waals surface area contributed by atoms with Crippen molar-refractivity contribution in [2.75, 3.05) is 20.2 Å². The molecule has 1 heterocycles. The second kappa shape index (κ2) is 6.67. The lowest BCUT2D eigenvalue weighted by atomic mass is 10.3. The normalized spacial score (nSPS) is 10.0. The third-order valence-corrected chi connectivity index (χ3v) is 2.40. The number of carbonyl (C=O) groups is 2. The van der Waals surface area contributed by atoms with Crippen molar-refractivity contribution in [3.8, 4) is 0 Å². The maximum atomic E-state index is 11.8. The molecule has 0 bridgehead atoms. The molecule has 1 rings (SSSR count). The van der Waals surface area contributed by atoms with Crippen LogP contribution in [0.15, 0.2) is 18.5 Å². The van der Waals surface area contributed by atoms with Crippen molar-refractivity contribution < 1.29 is 14.3 Å². The zero-order chi connectivity index (χ0) is 12.7. The van der Waals surface area contributed by atoms with Gasteiger partial charge in [0.1, 0.15) is 6.54 Å². The monoisotopic (exact) mass is 239 g/mol. The van der Waals surface area contributed by atoms with Gasteiger partial charge in [-0.05, 0) is 13.0 Å². The topological polar surface area (TPSA) is 64.4 Å². The average Bonchev–Trinajstić information content (AvgIpc) is 2.85. The molecule has 0 saturated carbocycles. The first-order valence-corrected chi connectivity index (χ1v) is 5.49. The molecule has 1 amide bonds. The summed E-state index contributed by atoms with van der Waals surface area (Å²) in [5, 5.41) is 4.00. The lowest BCUT2D eigenvalue weighted by Gasteiger charge is -2.19. The maximum Gasteiger partial charge on any atom is 0.325 e. The Morgan fingerprint density at radius 1 is 1.47 bits per heavy atom. The van der Waals surface area contributed by atoms with E-state index in [0.29, 0.717) is 19.5 Å². The molecule has 0 unspecified atom stereocenters. The molecule has 0 aliphatic rings. The maximum absolute atomic E-state index is 11.8. The number of hydrogen-bond acceptors (Lipinski definition) is 4. The summed E-state index contributed by atoms with van der Waals surface area (Å²) < 4.78 is 6.22. The van der Waals surface area contributed by atoms with Gasteiger partial charge in [-0.15, -0.1) is 0 Å². The molecule has 0 atom stereocenters. The molecule has 0 radical (unpaired) electrons. The Labute approximate surface area is 100 Å². The van der Waals surface area contributed by atoms with Gasteiger partial charge in [0.25, 0.3) is 0 Å². The fraction of sp³-hybridized carbons (Fsp3) is 0.545. The van der Waals surface area contributed by atoms with Crippen LogP contribution in [-0.4, -0.2) is 46.8 Å². The van der Waals surface area contributed by atoms with Crippen molar-refractivity contribution in [1.29, 1.82) is 0 Å². The molecule has 0 N–H and O–H groups in total. The lowest BCUT2D eigenvalue weighted by Crippen LogP contribution is -2.36. The van der Waals surface area contributed by atoms with Crippen LogP contribution < -0.4 is 0 Å². The summed E-state index contributed by atoms with van der Waals surface area (Å²) in [7, 11) is 1.31. The molecular formula is C11H17N3O3. The van der Waals surface area contributed by atoms with Crippen molar-refractivity contribution in [3.05, 3.63) is 18.5 Å². The van der Waals surface area contributed by atoms with E-state index in [9.17, 15) is 9.59 Å². The molecule has 6 nitrogen and oxygen atoms in total. The number of methoxy groups -OCH3 is 1. The van der Waals surface area contributed by atoms with Gasteiger partial charge in [0.2, 0.25) is 5.91 Å². The summed E-state index contributed by atoms with van der Waals surface area (Å²) in [6.45, 7) is 2.84. The van der Waals surface area contributed by atoms with Gasteiger partial charge < -0.3 is 9.64 Å². The predicted molar refractivity (Wildman–Crippen MR) is 61.1 cm³/mol. The molecule has 1 aromatic rings. The van der Waals surface area contributed by atoms with Crippen molar-refractivity contribution in [2.45, 2.75) is 19.9 Å². The number of hydrogen-bond donors (Lipinski definition) is 0. The zero-order valence-electron chi connectivity index (χ0n) is 10.1. The van der Waals surface area contributed by atoms with Crippen LogP contribution in [0, 0.1) is 0 Å². The quantitative estimate of drug-likeness (QED) is 0.669. The highest BCUT2D eigenvalue weighted by atomic mass is 16.5. The molecule has 0 fully saturated rings. The fourth-order valence-electron chi connectivity index (χ4n) is 1.40. The molecular weight excluding hydrogens is 222 g/mol.